The number of hydrogen-bond donors (Lipinski definition) is 0. The van der Waals surface area contributed by atoms with Gasteiger partial charge in [0.05, 0.1) is 4.90 Å². The van der Waals surface area contributed by atoms with Gasteiger partial charge in [0.15, 0.2) is 0 Å². The molecule has 0 fully saturated rings. The highest BCUT2D eigenvalue weighted by Gasteiger charge is 2.21. The Bertz CT molecular complexity index is 518. The van der Waals surface area contributed by atoms with Crippen LogP contribution in [0.5, 0.6) is 0 Å². The molecule has 0 radical (unpaired) electrons. The lowest BCUT2D eigenvalue weighted by molar-refractivity contribution is 0.474. The molecule has 0 amide bonds. The number of benzene rings is 1. The molecule has 1 aromatic carbocycles. The van der Waals surface area contributed by atoms with E-state index in [0.29, 0.717) is 11.4 Å². The molecule has 3 nitrogen and oxygen atoms in total. The van der Waals surface area contributed by atoms with Gasteiger partial charge in [0.1, 0.15) is 0 Å². The van der Waals surface area contributed by atoms with E-state index in [2.05, 4.69) is 13.2 Å². The first-order valence-corrected chi connectivity index (χ1v) is 7.00. The number of allylic oxidation sites excluding steroid dienone is 2. The van der Waals surface area contributed by atoms with Crippen molar-refractivity contribution in [1.82, 2.24) is 4.31 Å². The van der Waals surface area contributed by atoms with E-state index >= 15 is 0 Å². The van der Waals surface area contributed by atoms with Crippen LogP contribution in [0.25, 0.3) is 0 Å². The van der Waals surface area contributed by atoms with E-state index in [4.69, 9.17) is 0 Å². The maximum atomic E-state index is 12.3. The monoisotopic (exact) mass is 263 g/mol. The van der Waals surface area contributed by atoms with E-state index in [1.807, 2.05) is 0 Å². The number of sulfonamides is 1. The highest BCUT2D eigenvalue weighted by Crippen LogP contribution is 2.14. The van der Waals surface area contributed by atoms with Gasteiger partial charge in [-0.3, -0.25) is 0 Å². The molecule has 0 aromatic heterocycles. The summed E-state index contributed by atoms with van der Waals surface area (Å²) in [7, 11) is -3.47. The van der Waals surface area contributed by atoms with Crippen LogP contribution in [0.3, 0.4) is 0 Å². The second-order valence-electron chi connectivity index (χ2n) is 3.59. The highest BCUT2D eigenvalue weighted by atomic mass is 32.2. The minimum absolute atomic E-state index is 0.276. The molecule has 0 aliphatic rings. The van der Waals surface area contributed by atoms with Gasteiger partial charge in [-0.15, -0.1) is 6.58 Å². The summed E-state index contributed by atoms with van der Waals surface area (Å²) in [6, 6.07) is 8.37. The summed E-state index contributed by atoms with van der Waals surface area (Å²) in [4.78, 5) is 0.291. The molecule has 0 atom stereocenters. The van der Waals surface area contributed by atoms with E-state index in [-0.39, 0.29) is 6.54 Å². The molecule has 96 valence electrons. The average molecular weight is 263 g/mol. The lowest BCUT2D eigenvalue weighted by atomic mass is 10.4. The Hall–Kier alpha value is -1.65. The largest absolute Gasteiger partial charge is 0.243 e. The standard InChI is InChI=1S/C14H17NO2S/c1-3-5-9-13-15(12-4-2)18(16,17)14-10-7-6-8-11-14/h3-11H,1-2,12-13H2. The Kier molecular flexibility index (Phi) is 5.55. The summed E-state index contributed by atoms with van der Waals surface area (Å²) in [6.07, 6.45) is 6.65. The zero-order valence-corrected chi connectivity index (χ0v) is 11.0. The number of nitrogens with zero attached hydrogens (tertiary/aromatic N) is 1. The van der Waals surface area contributed by atoms with Gasteiger partial charge in [0.25, 0.3) is 0 Å². The summed E-state index contributed by atoms with van der Waals surface area (Å²) in [6.45, 7) is 7.71. The molecule has 0 aliphatic carbocycles. The molecule has 0 unspecified atom stereocenters. The predicted octanol–water partition coefficient (Wildman–Crippen LogP) is 2.61. The minimum Gasteiger partial charge on any atom is -0.207 e. The number of rotatable bonds is 7. The molecule has 0 saturated heterocycles. The van der Waals surface area contributed by atoms with Crippen LogP contribution in [-0.4, -0.2) is 25.8 Å². The van der Waals surface area contributed by atoms with E-state index in [9.17, 15) is 8.42 Å². The summed E-state index contributed by atoms with van der Waals surface area (Å²) in [5.74, 6) is 0. The second kappa shape index (κ2) is 6.93. The van der Waals surface area contributed by atoms with E-state index in [0.717, 1.165) is 0 Å². The van der Waals surface area contributed by atoms with Gasteiger partial charge in [-0.1, -0.05) is 49.1 Å². The van der Waals surface area contributed by atoms with E-state index < -0.39 is 10.0 Å². The van der Waals surface area contributed by atoms with Crippen LogP contribution >= 0.6 is 0 Å². The summed E-state index contributed by atoms with van der Waals surface area (Å²) in [5, 5.41) is 0. The van der Waals surface area contributed by atoms with Crippen LogP contribution in [0.4, 0.5) is 0 Å². The minimum atomic E-state index is -3.47. The zero-order chi connectivity index (χ0) is 13.4. The third-order valence-corrected chi connectivity index (χ3v) is 4.14. The van der Waals surface area contributed by atoms with Crippen LogP contribution in [0.15, 0.2) is 72.7 Å². The third-order valence-electron chi connectivity index (χ3n) is 2.29. The van der Waals surface area contributed by atoms with Crippen molar-refractivity contribution in [3.05, 3.63) is 67.8 Å². The summed E-state index contributed by atoms with van der Waals surface area (Å²) in [5.41, 5.74) is 0. The first-order valence-electron chi connectivity index (χ1n) is 5.56. The normalized spacial score (nSPS) is 11.8. The topological polar surface area (TPSA) is 37.4 Å². The summed E-state index contributed by atoms with van der Waals surface area (Å²) >= 11 is 0. The van der Waals surface area contributed by atoms with Gasteiger partial charge in [-0.05, 0) is 12.1 Å². The Balaban J connectivity index is 3.00. The van der Waals surface area contributed by atoms with Crippen molar-refractivity contribution in [2.75, 3.05) is 13.1 Å². The van der Waals surface area contributed by atoms with Crippen molar-refractivity contribution in [1.29, 1.82) is 0 Å². The van der Waals surface area contributed by atoms with Crippen LogP contribution in [0, 0.1) is 0 Å². The van der Waals surface area contributed by atoms with Gasteiger partial charge in [0.2, 0.25) is 10.0 Å². The molecule has 0 heterocycles. The smallest absolute Gasteiger partial charge is 0.207 e. The lowest BCUT2D eigenvalue weighted by Gasteiger charge is -2.18. The first-order chi connectivity index (χ1) is 8.62. The van der Waals surface area contributed by atoms with Crippen LogP contribution in [0.1, 0.15) is 0 Å². The molecule has 0 bridgehead atoms. The fourth-order valence-corrected chi connectivity index (χ4v) is 2.81. The Labute approximate surface area is 109 Å². The van der Waals surface area contributed by atoms with Gasteiger partial charge in [-0.2, -0.15) is 4.31 Å². The molecular formula is C14H17NO2S. The van der Waals surface area contributed by atoms with E-state index in [1.54, 1.807) is 54.6 Å². The zero-order valence-electron chi connectivity index (χ0n) is 10.2. The van der Waals surface area contributed by atoms with Crippen molar-refractivity contribution < 1.29 is 8.42 Å². The molecule has 0 N–H and O–H groups in total. The van der Waals surface area contributed by atoms with E-state index in [1.165, 1.54) is 4.31 Å². The molecule has 4 heteroatoms. The average Bonchev–Trinajstić information content (AvgIpc) is 2.39. The van der Waals surface area contributed by atoms with Crippen molar-refractivity contribution in [3.63, 3.8) is 0 Å². The molecule has 0 spiro atoms. The fraction of sp³-hybridized carbons (Fsp3) is 0.143. The van der Waals surface area contributed by atoms with Crippen LogP contribution in [0.2, 0.25) is 0 Å². The first kappa shape index (κ1) is 14.4. The van der Waals surface area contributed by atoms with Crippen LogP contribution < -0.4 is 0 Å². The van der Waals surface area contributed by atoms with Crippen molar-refractivity contribution in [3.8, 4) is 0 Å². The van der Waals surface area contributed by atoms with Gasteiger partial charge in [0, 0.05) is 13.1 Å². The van der Waals surface area contributed by atoms with Crippen LogP contribution in [-0.2, 0) is 10.0 Å². The Morgan fingerprint density at radius 1 is 1.11 bits per heavy atom. The second-order valence-corrected chi connectivity index (χ2v) is 5.53. The van der Waals surface area contributed by atoms with Gasteiger partial charge < -0.3 is 0 Å². The lowest BCUT2D eigenvalue weighted by Crippen LogP contribution is -2.31. The van der Waals surface area contributed by atoms with Crippen molar-refractivity contribution >= 4 is 10.0 Å². The predicted molar refractivity (Wildman–Crippen MR) is 74.7 cm³/mol. The maximum Gasteiger partial charge on any atom is 0.243 e. The molecule has 18 heavy (non-hydrogen) atoms. The molecule has 0 aliphatic heterocycles. The summed E-state index contributed by atoms with van der Waals surface area (Å²) < 4.78 is 26.0. The number of hydrogen-bond acceptors (Lipinski definition) is 2. The third kappa shape index (κ3) is 3.68. The SMILES string of the molecule is C=CC=CCN(CC=C)S(=O)(=O)c1ccccc1. The van der Waals surface area contributed by atoms with Gasteiger partial charge >= 0.3 is 0 Å². The quantitative estimate of drug-likeness (QED) is 0.560. The maximum absolute atomic E-state index is 12.3. The Morgan fingerprint density at radius 2 is 1.78 bits per heavy atom. The molecule has 1 rings (SSSR count). The van der Waals surface area contributed by atoms with Crippen molar-refractivity contribution in [2.45, 2.75) is 4.90 Å². The van der Waals surface area contributed by atoms with Crippen molar-refractivity contribution in [2.24, 2.45) is 0 Å². The fourth-order valence-electron chi connectivity index (χ4n) is 1.43. The molecule has 1 aromatic rings. The van der Waals surface area contributed by atoms with Gasteiger partial charge in [-0.25, -0.2) is 8.42 Å². The Morgan fingerprint density at radius 3 is 2.33 bits per heavy atom. The molecule has 0 saturated carbocycles. The highest BCUT2D eigenvalue weighted by molar-refractivity contribution is 7.89. The molecular weight excluding hydrogens is 246 g/mol.